The van der Waals surface area contributed by atoms with Gasteiger partial charge < -0.3 is 10.0 Å². The van der Waals surface area contributed by atoms with Crippen LogP contribution < -0.4 is 0 Å². The number of carbonyl (C=O) groups excluding carboxylic acids is 1. The summed E-state index contributed by atoms with van der Waals surface area (Å²) in [5.74, 6) is -1.02. The summed E-state index contributed by atoms with van der Waals surface area (Å²) < 4.78 is 0. The monoisotopic (exact) mass is 254 g/mol. The fraction of sp³-hybridized carbons (Fsp3) is 0.545. The Morgan fingerprint density at radius 1 is 1.71 bits per heavy atom. The van der Waals surface area contributed by atoms with Crippen molar-refractivity contribution in [1.82, 2.24) is 9.88 Å². The van der Waals surface area contributed by atoms with E-state index in [4.69, 9.17) is 5.11 Å². The SMILES string of the molecule is CCc1nc(CN2C(=O)CCC2C(=O)O)cs1. The van der Waals surface area contributed by atoms with Gasteiger partial charge in [0.15, 0.2) is 0 Å². The van der Waals surface area contributed by atoms with Crippen molar-refractivity contribution in [3.63, 3.8) is 0 Å². The van der Waals surface area contributed by atoms with Gasteiger partial charge >= 0.3 is 5.97 Å². The molecule has 1 aliphatic rings. The molecule has 1 aromatic heterocycles. The zero-order valence-corrected chi connectivity index (χ0v) is 10.4. The van der Waals surface area contributed by atoms with E-state index >= 15 is 0 Å². The van der Waals surface area contributed by atoms with Crippen LogP contribution >= 0.6 is 11.3 Å². The molecule has 2 rings (SSSR count). The Hall–Kier alpha value is -1.43. The number of aryl methyl sites for hydroxylation is 1. The van der Waals surface area contributed by atoms with Crippen LogP contribution in [0.5, 0.6) is 0 Å². The van der Waals surface area contributed by atoms with Gasteiger partial charge in [0.2, 0.25) is 5.91 Å². The second-order valence-electron chi connectivity index (χ2n) is 4.00. The van der Waals surface area contributed by atoms with Crippen molar-refractivity contribution in [1.29, 1.82) is 0 Å². The maximum Gasteiger partial charge on any atom is 0.326 e. The number of aliphatic carboxylic acids is 1. The number of thiazole rings is 1. The smallest absolute Gasteiger partial charge is 0.326 e. The van der Waals surface area contributed by atoms with Crippen molar-refractivity contribution in [2.45, 2.75) is 38.8 Å². The van der Waals surface area contributed by atoms with Crippen molar-refractivity contribution in [3.8, 4) is 0 Å². The average Bonchev–Trinajstić information content (AvgIpc) is 2.87. The van der Waals surface area contributed by atoms with E-state index in [1.165, 1.54) is 4.90 Å². The molecule has 17 heavy (non-hydrogen) atoms. The van der Waals surface area contributed by atoms with Crippen LogP contribution in [0.2, 0.25) is 0 Å². The molecule has 0 aromatic carbocycles. The molecule has 2 heterocycles. The number of rotatable bonds is 4. The number of nitrogens with zero attached hydrogens (tertiary/aromatic N) is 2. The minimum Gasteiger partial charge on any atom is -0.480 e. The van der Waals surface area contributed by atoms with E-state index in [9.17, 15) is 9.59 Å². The van der Waals surface area contributed by atoms with Gasteiger partial charge in [0.1, 0.15) is 6.04 Å². The molecule has 1 fully saturated rings. The summed E-state index contributed by atoms with van der Waals surface area (Å²) in [6.07, 6.45) is 1.58. The molecule has 1 aromatic rings. The Morgan fingerprint density at radius 3 is 3.06 bits per heavy atom. The van der Waals surface area contributed by atoms with E-state index in [2.05, 4.69) is 4.98 Å². The lowest BCUT2D eigenvalue weighted by Gasteiger charge is -2.20. The van der Waals surface area contributed by atoms with Crippen LogP contribution in [0.1, 0.15) is 30.5 Å². The first-order chi connectivity index (χ1) is 8.11. The molecule has 0 bridgehead atoms. The first-order valence-electron chi connectivity index (χ1n) is 5.57. The highest BCUT2D eigenvalue weighted by atomic mass is 32.1. The molecule has 1 atom stereocenters. The molecular weight excluding hydrogens is 240 g/mol. The fourth-order valence-corrected chi connectivity index (χ4v) is 2.68. The van der Waals surface area contributed by atoms with Crippen LogP contribution in [0.3, 0.4) is 0 Å². The topological polar surface area (TPSA) is 70.5 Å². The largest absolute Gasteiger partial charge is 0.480 e. The number of aromatic nitrogens is 1. The highest BCUT2D eigenvalue weighted by molar-refractivity contribution is 7.09. The van der Waals surface area contributed by atoms with Crippen molar-refractivity contribution in [3.05, 3.63) is 16.1 Å². The summed E-state index contributed by atoms with van der Waals surface area (Å²) in [5.41, 5.74) is 0.786. The van der Waals surface area contributed by atoms with Gasteiger partial charge in [-0.25, -0.2) is 9.78 Å². The third-order valence-corrected chi connectivity index (χ3v) is 3.89. The van der Waals surface area contributed by atoms with Gasteiger partial charge in [-0.2, -0.15) is 0 Å². The minimum absolute atomic E-state index is 0.0940. The Labute approximate surface area is 103 Å². The molecule has 92 valence electrons. The third kappa shape index (κ3) is 2.46. The fourth-order valence-electron chi connectivity index (χ4n) is 1.95. The Bertz CT molecular complexity index is 444. The lowest BCUT2D eigenvalue weighted by atomic mass is 10.2. The molecular formula is C11H14N2O3S. The van der Waals surface area contributed by atoms with Crippen LogP contribution in [0.4, 0.5) is 0 Å². The van der Waals surface area contributed by atoms with Crippen LogP contribution in [-0.2, 0) is 22.6 Å². The predicted molar refractivity (Wildman–Crippen MR) is 62.7 cm³/mol. The zero-order chi connectivity index (χ0) is 12.4. The summed E-state index contributed by atoms with van der Waals surface area (Å²) in [6.45, 7) is 2.33. The molecule has 6 heteroatoms. The second kappa shape index (κ2) is 4.83. The molecule has 5 nitrogen and oxygen atoms in total. The maximum atomic E-state index is 11.6. The molecule has 1 N–H and O–H groups in total. The quantitative estimate of drug-likeness (QED) is 0.878. The summed E-state index contributed by atoms with van der Waals surface area (Å²) in [6, 6.07) is -0.686. The predicted octanol–water partition coefficient (Wildman–Crippen LogP) is 1.28. The van der Waals surface area contributed by atoms with Gasteiger partial charge in [0, 0.05) is 11.8 Å². The van der Waals surface area contributed by atoms with Crippen molar-refractivity contribution in [2.75, 3.05) is 0 Å². The average molecular weight is 254 g/mol. The maximum absolute atomic E-state index is 11.6. The summed E-state index contributed by atoms with van der Waals surface area (Å²) in [7, 11) is 0. The van der Waals surface area contributed by atoms with Crippen LogP contribution in [-0.4, -0.2) is 32.9 Å². The van der Waals surface area contributed by atoms with E-state index in [-0.39, 0.29) is 5.91 Å². The highest BCUT2D eigenvalue weighted by Crippen LogP contribution is 2.22. The standard InChI is InChI=1S/C11H14N2O3S/c1-2-9-12-7(6-17-9)5-13-8(11(15)16)3-4-10(13)14/h6,8H,2-5H2,1H3,(H,15,16). The van der Waals surface area contributed by atoms with Gasteiger partial charge in [-0.15, -0.1) is 11.3 Å². The number of carboxylic acid groups (broad SMARTS) is 1. The van der Waals surface area contributed by atoms with Crippen LogP contribution in [0, 0.1) is 0 Å². The Kier molecular flexibility index (Phi) is 3.42. The minimum atomic E-state index is -0.929. The summed E-state index contributed by atoms with van der Waals surface area (Å²) in [4.78, 5) is 28.4. The molecule has 1 amide bonds. The Morgan fingerprint density at radius 2 is 2.47 bits per heavy atom. The molecule has 0 radical (unpaired) electrons. The first kappa shape index (κ1) is 12.0. The molecule has 0 aliphatic carbocycles. The number of hydrogen-bond acceptors (Lipinski definition) is 4. The molecule has 1 saturated heterocycles. The number of amides is 1. The number of likely N-dealkylation sites (tertiary alicyclic amines) is 1. The molecule has 1 aliphatic heterocycles. The van der Waals surface area contributed by atoms with Crippen molar-refractivity contribution in [2.24, 2.45) is 0 Å². The van der Waals surface area contributed by atoms with Gasteiger partial charge in [0.25, 0.3) is 0 Å². The Balaban J connectivity index is 2.10. The van der Waals surface area contributed by atoms with E-state index < -0.39 is 12.0 Å². The lowest BCUT2D eigenvalue weighted by Crippen LogP contribution is -2.37. The highest BCUT2D eigenvalue weighted by Gasteiger charge is 2.36. The number of carbonyl (C=O) groups is 2. The van der Waals surface area contributed by atoms with E-state index in [1.54, 1.807) is 11.3 Å². The van der Waals surface area contributed by atoms with Crippen molar-refractivity contribution >= 4 is 23.2 Å². The van der Waals surface area contributed by atoms with E-state index in [0.29, 0.717) is 19.4 Å². The first-order valence-corrected chi connectivity index (χ1v) is 6.45. The van der Waals surface area contributed by atoms with Gasteiger partial charge in [-0.1, -0.05) is 6.92 Å². The van der Waals surface area contributed by atoms with Crippen LogP contribution in [0.25, 0.3) is 0 Å². The van der Waals surface area contributed by atoms with Crippen LogP contribution in [0.15, 0.2) is 5.38 Å². The molecule has 0 spiro atoms. The molecule has 0 saturated carbocycles. The number of hydrogen-bond donors (Lipinski definition) is 1. The van der Waals surface area contributed by atoms with Gasteiger partial charge in [-0.3, -0.25) is 4.79 Å². The van der Waals surface area contributed by atoms with E-state index in [1.807, 2.05) is 12.3 Å². The van der Waals surface area contributed by atoms with Crippen molar-refractivity contribution < 1.29 is 14.7 Å². The number of carboxylic acids is 1. The van der Waals surface area contributed by atoms with E-state index in [0.717, 1.165) is 17.1 Å². The summed E-state index contributed by atoms with van der Waals surface area (Å²) in [5, 5.41) is 11.9. The summed E-state index contributed by atoms with van der Waals surface area (Å²) >= 11 is 1.55. The lowest BCUT2D eigenvalue weighted by molar-refractivity contribution is -0.146. The second-order valence-corrected chi connectivity index (χ2v) is 4.94. The zero-order valence-electron chi connectivity index (χ0n) is 9.55. The normalized spacial score (nSPS) is 19.9. The van der Waals surface area contributed by atoms with Gasteiger partial charge in [0.05, 0.1) is 17.2 Å². The van der Waals surface area contributed by atoms with Gasteiger partial charge in [-0.05, 0) is 12.8 Å². The third-order valence-electron chi connectivity index (χ3n) is 2.85. The molecule has 1 unspecified atom stereocenters.